The third-order valence-corrected chi connectivity index (χ3v) is 7.03. The van der Waals surface area contributed by atoms with E-state index in [0.29, 0.717) is 36.0 Å². The maximum Gasteiger partial charge on any atom is 0.405 e. The Hall–Kier alpha value is -3.08. The van der Waals surface area contributed by atoms with Gasteiger partial charge in [0.25, 0.3) is 5.91 Å². The number of aliphatic hydroxyl groups excluding tert-OH is 1. The molecule has 2 amide bonds. The third kappa shape index (κ3) is 8.21. The summed E-state index contributed by atoms with van der Waals surface area (Å²) in [6.45, 7) is 7.18. The van der Waals surface area contributed by atoms with Gasteiger partial charge in [0.15, 0.2) is 6.10 Å². The van der Waals surface area contributed by atoms with Crippen molar-refractivity contribution in [3.63, 3.8) is 0 Å². The summed E-state index contributed by atoms with van der Waals surface area (Å²) in [5.74, 6) is -1.18. The Morgan fingerprint density at radius 3 is 2.37 bits per heavy atom. The van der Waals surface area contributed by atoms with Crippen LogP contribution in [0.4, 0.5) is 10.5 Å². The zero-order chi connectivity index (χ0) is 28.6. The number of nitrogens with one attached hydrogen (secondary N) is 1. The number of phenols is 2. The average Bonchev–Trinajstić information content (AvgIpc) is 2.86. The van der Waals surface area contributed by atoms with Gasteiger partial charge in [0, 0.05) is 31.3 Å². The van der Waals surface area contributed by atoms with E-state index in [2.05, 4.69) is 5.32 Å². The third-order valence-electron chi connectivity index (χ3n) is 7.03. The molecule has 0 unspecified atom stereocenters. The van der Waals surface area contributed by atoms with Crippen LogP contribution >= 0.6 is 0 Å². The fourth-order valence-corrected chi connectivity index (χ4v) is 4.84. The van der Waals surface area contributed by atoms with Crippen molar-refractivity contribution in [1.82, 2.24) is 0 Å². The Morgan fingerprint density at radius 2 is 1.76 bits per heavy atom. The van der Waals surface area contributed by atoms with Gasteiger partial charge in [-0.05, 0) is 63.2 Å². The van der Waals surface area contributed by atoms with Gasteiger partial charge >= 0.3 is 6.09 Å². The van der Waals surface area contributed by atoms with Crippen LogP contribution in [0.5, 0.6) is 11.5 Å². The molecule has 0 saturated carbocycles. The number of nitrogens with two attached hydrogens (primary N) is 1. The number of methoxy groups -OCH3 is 2. The minimum Gasteiger partial charge on any atom is -0.508 e. The Labute approximate surface area is 224 Å². The number of carbonyl (C=O) groups excluding carboxylic acids is 2. The Bertz CT molecular complexity index is 1040. The molecule has 1 aromatic carbocycles. The Kier molecular flexibility index (Phi) is 11.6. The van der Waals surface area contributed by atoms with Crippen LogP contribution in [-0.4, -0.2) is 66.0 Å². The lowest BCUT2D eigenvalue weighted by Gasteiger charge is -2.30. The molecule has 0 fully saturated rings. The number of benzene rings is 1. The number of aliphatic hydroxyl groups is 1. The number of aromatic hydroxyl groups is 2. The standard InChI is InChI=1S/C28H42N2O8/c1-15-12-19-21(31)11-10-20(25(19)33)30-27(34)16(2)8-7-9-22(36-5)26(38-28(29)35)18(4)14-17(3)24(32)23(13-15)37-6/h8,10-11,14-15,17,22-24,26,31-33H,7,9,12-13H2,1-6H3,(H2,29,35)(H,30,34)/b16-8+,18-14+/t15-,17+,22+,23+,24-,26+/m1/s1. The van der Waals surface area contributed by atoms with Gasteiger partial charge in [-0.25, -0.2) is 4.79 Å². The molecule has 2 bridgehead atoms. The van der Waals surface area contributed by atoms with E-state index in [1.54, 1.807) is 19.9 Å². The second kappa shape index (κ2) is 14.2. The predicted molar refractivity (Wildman–Crippen MR) is 144 cm³/mol. The van der Waals surface area contributed by atoms with Gasteiger partial charge in [-0.2, -0.15) is 0 Å². The zero-order valence-electron chi connectivity index (χ0n) is 23.1. The first-order valence-electron chi connectivity index (χ1n) is 12.8. The molecule has 2 rings (SSSR count). The van der Waals surface area contributed by atoms with Crippen LogP contribution in [0, 0.1) is 11.8 Å². The van der Waals surface area contributed by atoms with Crippen LogP contribution in [0.2, 0.25) is 0 Å². The molecular formula is C28H42N2O8. The first kappa shape index (κ1) is 31.1. The van der Waals surface area contributed by atoms with Crippen molar-refractivity contribution in [2.75, 3.05) is 19.5 Å². The molecule has 0 radical (unpaired) electrons. The smallest absolute Gasteiger partial charge is 0.405 e. The van der Waals surface area contributed by atoms with Crippen molar-refractivity contribution in [1.29, 1.82) is 0 Å². The summed E-state index contributed by atoms with van der Waals surface area (Å²) in [5.41, 5.74) is 6.90. The number of allylic oxidation sites excluding steroid dienone is 1. The summed E-state index contributed by atoms with van der Waals surface area (Å²) in [6.07, 6.45) is 1.34. The minimum absolute atomic E-state index is 0.0851. The minimum atomic E-state index is -0.948. The molecule has 0 spiro atoms. The van der Waals surface area contributed by atoms with Crippen molar-refractivity contribution < 1.29 is 39.1 Å². The summed E-state index contributed by atoms with van der Waals surface area (Å²) >= 11 is 0. The number of fused-ring (bicyclic) bond motifs is 2. The lowest BCUT2D eigenvalue weighted by atomic mass is 9.87. The number of ether oxygens (including phenoxy) is 3. The molecule has 0 saturated heterocycles. The largest absolute Gasteiger partial charge is 0.508 e. The van der Waals surface area contributed by atoms with Gasteiger partial charge < -0.3 is 40.6 Å². The number of carbonyl (C=O) groups is 2. The number of primary amides is 1. The lowest BCUT2D eigenvalue weighted by Crippen LogP contribution is -2.37. The highest BCUT2D eigenvalue weighted by molar-refractivity contribution is 6.04. The fraction of sp³-hybridized carbons (Fsp3) is 0.571. The topological polar surface area (TPSA) is 161 Å². The van der Waals surface area contributed by atoms with Gasteiger partial charge in [0.1, 0.15) is 11.5 Å². The maximum absolute atomic E-state index is 12.8. The second-order valence-corrected chi connectivity index (χ2v) is 10.1. The quantitative estimate of drug-likeness (QED) is 0.222. The van der Waals surface area contributed by atoms with Crippen molar-refractivity contribution in [3.8, 4) is 11.5 Å². The number of hydrogen-bond acceptors (Lipinski definition) is 8. The molecule has 1 heterocycles. The molecule has 10 heteroatoms. The molecule has 6 N–H and O–H groups in total. The van der Waals surface area contributed by atoms with Gasteiger partial charge in [0.05, 0.1) is 24.0 Å². The number of hydrogen-bond donors (Lipinski definition) is 5. The predicted octanol–water partition coefficient (Wildman–Crippen LogP) is 3.78. The summed E-state index contributed by atoms with van der Waals surface area (Å²) in [6, 6.07) is 2.87. The van der Waals surface area contributed by atoms with Gasteiger partial charge in [-0.3, -0.25) is 4.79 Å². The summed E-state index contributed by atoms with van der Waals surface area (Å²) in [5, 5.41) is 35.1. The fourth-order valence-electron chi connectivity index (χ4n) is 4.84. The van der Waals surface area contributed by atoms with E-state index in [4.69, 9.17) is 19.9 Å². The molecule has 0 aliphatic carbocycles. The number of rotatable bonds is 3. The van der Waals surface area contributed by atoms with E-state index in [-0.39, 0.29) is 35.4 Å². The van der Waals surface area contributed by atoms with Crippen molar-refractivity contribution in [3.05, 3.63) is 41.0 Å². The second-order valence-electron chi connectivity index (χ2n) is 10.1. The van der Waals surface area contributed by atoms with E-state index in [9.17, 15) is 24.9 Å². The Balaban J connectivity index is 2.52. The van der Waals surface area contributed by atoms with Crippen LogP contribution < -0.4 is 11.1 Å². The van der Waals surface area contributed by atoms with E-state index in [1.807, 2.05) is 19.9 Å². The highest BCUT2D eigenvalue weighted by Gasteiger charge is 2.30. The van der Waals surface area contributed by atoms with E-state index < -0.39 is 36.4 Å². The van der Waals surface area contributed by atoms with Gasteiger partial charge in [-0.1, -0.05) is 26.0 Å². The molecule has 38 heavy (non-hydrogen) atoms. The molecule has 1 aliphatic rings. The van der Waals surface area contributed by atoms with Crippen molar-refractivity contribution >= 4 is 17.7 Å². The molecule has 1 aromatic rings. The van der Waals surface area contributed by atoms with Gasteiger partial charge in [-0.15, -0.1) is 0 Å². The molecule has 1 aliphatic heterocycles. The number of anilines is 1. The highest BCUT2D eigenvalue weighted by Crippen LogP contribution is 2.37. The average molecular weight is 535 g/mol. The first-order chi connectivity index (χ1) is 17.9. The molecule has 10 nitrogen and oxygen atoms in total. The van der Waals surface area contributed by atoms with Crippen molar-refractivity contribution in [2.45, 2.75) is 77.8 Å². The molecule has 0 aromatic heterocycles. The Morgan fingerprint density at radius 1 is 1.11 bits per heavy atom. The van der Waals surface area contributed by atoms with E-state index in [0.717, 1.165) is 0 Å². The summed E-state index contributed by atoms with van der Waals surface area (Å²) in [4.78, 5) is 24.5. The van der Waals surface area contributed by atoms with Crippen LogP contribution in [0.1, 0.15) is 52.5 Å². The number of phenolic OH excluding ortho intramolecular Hbond substituents is 2. The first-order valence-corrected chi connectivity index (χ1v) is 12.8. The molecule has 212 valence electrons. The van der Waals surface area contributed by atoms with E-state index >= 15 is 0 Å². The van der Waals surface area contributed by atoms with Crippen LogP contribution in [0.15, 0.2) is 35.4 Å². The van der Waals surface area contributed by atoms with Gasteiger partial charge in [0.2, 0.25) is 0 Å². The SMILES string of the molecule is CO[C@H]1C[C@H](C)Cc2c(O)ccc(c2O)NC(=O)/C(C)=C/CC[C@H](OC)[C@@H](OC(N)=O)/C(C)=C/[C@H](C)[C@H]1O. The highest BCUT2D eigenvalue weighted by atomic mass is 16.6. The van der Waals surface area contributed by atoms with Crippen LogP contribution in [0.3, 0.4) is 0 Å². The zero-order valence-corrected chi connectivity index (χ0v) is 23.1. The van der Waals surface area contributed by atoms with E-state index in [1.165, 1.54) is 26.4 Å². The molecule has 6 atom stereocenters. The lowest BCUT2D eigenvalue weighted by molar-refractivity contribution is -0.112. The number of amides is 2. The van der Waals surface area contributed by atoms with Crippen LogP contribution in [0.25, 0.3) is 0 Å². The summed E-state index contributed by atoms with van der Waals surface area (Å²) in [7, 11) is 3.01. The van der Waals surface area contributed by atoms with Crippen molar-refractivity contribution in [2.24, 2.45) is 17.6 Å². The summed E-state index contributed by atoms with van der Waals surface area (Å²) < 4.78 is 16.6. The monoisotopic (exact) mass is 534 g/mol. The van der Waals surface area contributed by atoms with Crippen LogP contribution in [-0.2, 0) is 25.4 Å². The molecular weight excluding hydrogens is 492 g/mol. The normalized spacial score (nSPS) is 30.9. The maximum atomic E-state index is 12.8.